The zero-order valence-electron chi connectivity index (χ0n) is 11.9. The number of ketones is 1. The Hall–Kier alpha value is -1.43. The summed E-state index contributed by atoms with van der Waals surface area (Å²) in [4.78, 5) is 12.5. The molecule has 22 heavy (non-hydrogen) atoms. The van der Waals surface area contributed by atoms with Gasteiger partial charge in [-0.15, -0.1) is 0 Å². The Labute approximate surface area is 125 Å². The van der Waals surface area contributed by atoms with E-state index in [9.17, 15) is 22.4 Å². The maximum atomic E-state index is 14.1. The number of nitrogens with one attached hydrogen (secondary N) is 1. The van der Waals surface area contributed by atoms with Crippen molar-refractivity contribution < 1.29 is 22.4 Å². The van der Waals surface area contributed by atoms with Crippen molar-refractivity contribution in [2.24, 2.45) is 5.92 Å². The van der Waals surface area contributed by atoms with Gasteiger partial charge in [0.25, 0.3) is 0 Å². The first-order valence-electron chi connectivity index (χ1n) is 7.52. The van der Waals surface area contributed by atoms with Crippen molar-refractivity contribution in [2.75, 3.05) is 0 Å². The van der Waals surface area contributed by atoms with Crippen LogP contribution >= 0.6 is 0 Å². The molecule has 0 amide bonds. The molecule has 2 nitrogen and oxygen atoms in total. The molecule has 2 aliphatic rings. The summed E-state index contributed by atoms with van der Waals surface area (Å²) in [7, 11) is 0. The smallest absolute Gasteiger partial charge is 0.311 e. The molecule has 2 fully saturated rings. The molecular formula is C16H17F4NO. The van der Waals surface area contributed by atoms with E-state index in [0.717, 1.165) is 31.4 Å². The number of carbonyl (C=O) groups excluding carboxylic acids is 1. The summed E-state index contributed by atoms with van der Waals surface area (Å²) in [5.41, 5.74) is -1.80. The Morgan fingerprint density at radius 2 is 1.77 bits per heavy atom. The maximum absolute atomic E-state index is 14.1. The highest BCUT2D eigenvalue weighted by Gasteiger charge is 2.39. The van der Waals surface area contributed by atoms with E-state index in [1.54, 1.807) is 0 Å². The van der Waals surface area contributed by atoms with Gasteiger partial charge in [-0.05, 0) is 37.8 Å². The predicted octanol–water partition coefficient (Wildman–Crippen LogP) is 3.95. The molecule has 6 heteroatoms. The van der Waals surface area contributed by atoms with E-state index in [2.05, 4.69) is 5.32 Å². The third-order valence-electron chi connectivity index (χ3n) is 4.66. The topological polar surface area (TPSA) is 29.1 Å². The highest BCUT2D eigenvalue weighted by molar-refractivity contribution is 5.98. The summed E-state index contributed by atoms with van der Waals surface area (Å²) in [6.45, 7) is 0. The predicted molar refractivity (Wildman–Crippen MR) is 73.0 cm³/mol. The van der Waals surface area contributed by atoms with E-state index in [0.29, 0.717) is 18.9 Å². The van der Waals surface area contributed by atoms with Gasteiger partial charge in [-0.2, -0.15) is 13.2 Å². The van der Waals surface area contributed by atoms with Crippen LogP contribution in [0.5, 0.6) is 0 Å². The van der Waals surface area contributed by atoms with Crippen LogP contribution in [0.4, 0.5) is 17.6 Å². The Morgan fingerprint density at radius 3 is 2.36 bits per heavy atom. The average Bonchev–Trinajstić information content (AvgIpc) is 2.45. The lowest BCUT2D eigenvalue weighted by Crippen LogP contribution is -2.50. The molecule has 0 radical (unpaired) electrons. The fraction of sp³-hybridized carbons (Fsp3) is 0.562. The van der Waals surface area contributed by atoms with Crippen LogP contribution in [-0.2, 0) is 6.18 Å². The number of rotatable bonds is 2. The fourth-order valence-electron chi connectivity index (χ4n) is 3.64. The van der Waals surface area contributed by atoms with Crippen LogP contribution in [0.1, 0.15) is 48.0 Å². The molecule has 1 aromatic carbocycles. The van der Waals surface area contributed by atoms with Crippen LogP contribution in [0.25, 0.3) is 0 Å². The summed E-state index contributed by atoms with van der Waals surface area (Å²) in [6.07, 6.45) is -0.612. The van der Waals surface area contributed by atoms with Crippen molar-refractivity contribution in [1.29, 1.82) is 0 Å². The van der Waals surface area contributed by atoms with Crippen LogP contribution in [-0.4, -0.2) is 17.9 Å². The van der Waals surface area contributed by atoms with Crippen molar-refractivity contribution in [3.63, 3.8) is 0 Å². The second kappa shape index (κ2) is 5.65. The molecule has 0 spiro atoms. The normalized spacial score (nSPS) is 28.5. The molecule has 1 aromatic rings. The Kier molecular flexibility index (Phi) is 3.97. The van der Waals surface area contributed by atoms with Crippen LogP contribution in [0.15, 0.2) is 18.2 Å². The largest absolute Gasteiger partial charge is 0.419 e. The van der Waals surface area contributed by atoms with E-state index >= 15 is 0 Å². The highest BCUT2D eigenvalue weighted by atomic mass is 19.4. The minimum Gasteiger partial charge on any atom is -0.311 e. The molecule has 2 heterocycles. The number of benzene rings is 1. The standard InChI is InChI=1S/C16H17F4NO/c17-14-12(5-2-6-13(14)16(18,19)20)15(22)9-7-10-3-1-4-11(8-9)21-10/h2,5-6,9-11,21H,1,3-4,7-8H2. The van der Waals surface area contributed by atoms with Crippen molar-refractivity contribution >= 4 is 5.78 Å². The quantitative estimate of drug-likeness (QED) is 0.661. The molecule has 0 aromatic heterocycles. The second-order valence-electron chi connectivity index (χ2n) is 6.19. The monoisotopic (exact) mass is 315 g/mol. The number of alkyl halides is 3. The second-order valence-corrected chi connectivity index (χ2v) is 6.19. The number of piperidine rings is 2. The lowest BCUT2D eigenvalue weighted by molar-refractivity contribution is -0.140. The molecule has 2 aliphatic heterocycles. The van der Waals surface area contributed by atoms with Gasteiger partial charge in [0.1, 0.15) is 5.82 Å². The van der Waals surface area contributed by atoms with Crippen molar-refractivity contribution in [3.8, 4) is 0 Å². The van der Waals surface area contributed by atoms with Gasteiger partial charge in [0.05, 0.1) is 11.1 Å². The van der Waals surface area contributed by atoms with E-state index in [1.165, 1.54) is 0 Å². The summed E-state index contributed by atoms with van der Waals surface area (Å²) < 4.78 is 52.4. The minimum absolute atomic E-state index is 0.218. The summed E-state index contributed by atoms with van der Waals surface area (Å²) in [5, 5.41) is 3.41. The van der Waals surface area contributed by atoms with E-state index in [1.807, 2.05) is 0 Å². The average molecular weight is 315 g/mol. The first kappa shape index (κ1) is 15.5. The van der Waals surface area contributed by atoms with E-state index in [-0.39, 0.29) is 12.1 Å². The highest BCUT2D eigenvalue weighted by Crippen LogP contribution is 2.35. The molecule has 120 valence electrons. The minimum atomic E-state index is -4.79. The lowest BCUT2D eigenvalue weighted by atomic mass is 9.77. The molecule has 2 atom stereocenters. The third-order valence-corrected chi connectivity index (χ3v) is 4.66. The van der Waals surface area contributed by atoms with Crippen LogP contribution in [0, 0.1) is 11.7 Å². The van der Waals surface area contributed by atoms with Gasteiger partial charge in [-0.3, -0.25) is 4.79 Å². The summed E-state index contributed by atoms with van der Waals surface area (Å²) in [5.74, 6) is -2.33. The number of fused-ring (bicyclic) bond motifs is 2. The first-order valence-corrected chi connectivity index (χ1v) is 7.52. The van der Waals surface area contributed by atoms with Gasteiger partial charge in [0.2, 0.25) is 0 Å². The summed E-state index contributed by atoms with van der Waals surface area (Å²) >= 11 is 0. The number of hydrogen-bond donors (Lipinski definition) is 1. The van der Waals surface area contributed by atoms with Crippen molar-refractivity contribution in [1.82, 2.24) is 5.32 Å². The zero-order valence-corrected chi connectivity index (χ0v) is 11.9. The number of carbonyl (C=O) groups is 1. The van der Waals surface area contributed by atoms with Gasteiger partial charge in [-0.1, -0.05) is 12.5 Å². The Morgan fingerprint density at radius 1 is 1.14 bits per heavy atom. The number of halogens is 4. The van der Waals surface area contributed by atoms with Crippen LogP contribution in [0.3, 0.4) is 0 Å². The summed E-state index contributed by atoms with van der Waals surface area (Å²) in [6, 6.07) is 3.36. The Balaban J connectivity index is 1.86. The SMILES string of the molecule is O=C(c1cccc(C(F)(F)F)c1F)C1CC2CCCC(C1)N2. The van der Waals surface area contributed by atoms with Gasteiger partial charge in [0.15, 0.2) is 5.78 Å². The molecule has 2 unspecified atom stereocenters. The molecule has 2 bridgehead atoms. The van der Waals surface area contributed by atoms with E-state index in [4.69, 9.17) is 0 Å². The number of Topliss-reactive ketones (excluding diaryl/α,β-unsaturated/α-hetero) is 1. The van der Waals surface area contributed by atoms with Gasteiger partial charge in [0, 0.05) is 18.0 Å². The van der Waals surface area contributed by atoms with Gasteiger partial charge in [-0.25, -0.2) is 4.39 Å². The molecule has 0 aliphatic carbocycles. The van der Waals surface area contributed by atoms with Gasteiger partial charge >= 0.3 is 6.18 Å². The van der Waals surface area contributed by atoms with Crippen molar-refractivity contribution in [3.05, 3.63) is 35.1 Å². The maximum Gasteiger partial charge on any atom is 0.419 e. The van der Waals surface area contributed by atoms with Crippen LogP contribution in [0.2, 0.25) is 0 Å². The van der Waals surface area contributed by atoms with Gasteiger partial charge < -0.3 is 5.32 Å². The molecule has 2 saturated heterocycles. The van der Waals surface area contributed by atoms with Crippen LogP contribution < -0.4 is 5.32 Å². The molecule has 0 saturated carbocycles. The molecular weight excluding hydrogens is 298 g/mol. The first-order chi connectivity index (χ1) is 10.4. The zero-order chi connectivity index (χ0) is 15.9. The van der Waals surface area contributed by atoms with Crippen molar-refractivity contribution in [2.45, 2.75) is 50.4 Å². The number of hydrogen-bond acceptors (Lipinski definition) is 2. The third kappa shape index (κ3) is 2.89. The fourth-order valence-corrected chi connectivity index (χ4v) is 3.64. The van der Waals surface area contributed by atoms with E-state index < -0.39 is 34.8 Å². The molecule has 1 N–H and O–H groups in total. The Bertz CT molecular complexity index is 572. The molecule has 3 rings (SSSR count). The lowest BCUT2D eigenvalue weighted by Gasteiger charge is -2.39.